The number of methoxy groups -OCH3 is 1. The Kier molecular flexibility index (Phi) is 7.02. The summed E-state index contributed by atoms with van der Waals surface area (Å²) in [5.41, 5.74) is 2.47. The molecule has 8 heteroatoms. The second-order valence-electron chi connectivity index (χ2n) is 7.16. The van der Waals surface area contributed by atoms with Crippen molar-refractivity contribution in [1.29, 1.82) is 0 Å². The average Bonchev–Trinajstić information content (AvgIpc) is 3.00. The molecule has 0 bridgehead atoms. The highest BCUT2D eigenvalue weighted by atomic mass is 16.5. The van der Waals surface area contributed by atoms with Gasteiger partial charge in [-0.05, 0) is 31.5 Å². The van der Waals surface area contributed by atoms with E-state index in [9.17, 15) is 19.2 Å². The first-order valence-corrected chi connectivity index (χ1v) is 9.91. The van der Waals surface area contributed by atoms with Gasteiger partial charge in [0.05, 0.1) is 18.2 Å². The van der Waals surface area contributed by atoms with Gasteiger partial charge in [-0.15, -0.1) is 0 Å². The van der Waals surface area contributed by atoms with Crippen molar-refractivity contribution in [2.45, 2.75) is 26.3 Å². The van der Waals surface area contributed by atoms with Gasteiger partial charge in [0.1, 0.15) is 5.75 Å². The molecule has 0 aromatic heterocycles. The zero-order chi connectivity index (χ0) is 22.4. The Hall–Kier alpha value is -3.68. The van der Waals surface area contributed by atoms with Crippen molar-refractivity contribution in [3.8, 4) is 5.75 Å². The second-order valence-corrected chi connectivity index (χ2v) is 7.16. The first-order chi connectivity index (χ1) is 14.9. The summed E-state index contributed by atoms with van der Waals surface area (Å²) in [7, 11) is 1.55. The predicted octanol–water partition coefficient (Wildman–Crippen LogP) is 2.24. The van der Waals surface area contributed by atoms with Gasteiger partial charge >= 0.3 is 5.97 Å². The van der Waals surface area contributed by atoms with Crippen LogP contribution in [-0.4, -0.2) is 48.9 Å². The Balaban J connectivity index is 1.38. The van der Waals surface area contributed by atoms with Crippen molar-refractivity contribution in [3.05, 3.63) is 64.7 Å². The third-order valence-electron chi connectivity index (χ3n) is 4.92. The van der Waals surface area contributed by atoms with Gasteiger partial charge in [-0.1, -0.05) is 29.8 Å². The number of ether oxygens (including phenoxy) is 2. The molecule has 1 aliphatic heterocycles. The number of rotatable bonds is 9. The van der Waals surface area contributed by atoms with E-state index in [-0.39, 0.29) is 37.7 Å². The maximum Gasteiger partial charge on any atom is 0.306 e. The third-order valence-corrected chi connectivity index (χ3v) is 4.92. The van der Waals surface area contributed by atoms with Crippen LogP contribution < -0.4 is 10.1 Å². The summed E-state index contributed by atoms with van der Waals surface area (Å²) in [6, 6.07) is 12.4. The number of fused-ring (bicyclic) bond motifs is 1. The first kappa shape index (κ1) is 22.0. The fraction of sp³-hybridized carbons (Fsp3) is 0.304. The molecule has 0 unspecified atom stereocenters. The number of hydrogen-bond acceptors (Lipinski definition) is 6. The topological polar surface area (TPSA) is 102 Å². The van der Waals surface area contributed by atoms with Crippen molar-refractivity contribution < 1.29 is 28.7 Å². The van der Waals surface area contributed by atoms with Gasteiger partial charge in [0.15, 0.2) is 6.61 Å². The molecule has 0 saturated carbocycles. The van der Waals surface area contributed by atoms with E-state index in [4.69, 9.17) is 9.47 Å². The van der Waals surface area contributed by atoms with E-state index in [1.807, 2.05) is 25.1 Å². The Bertz CT molecular complexity index is 1020. The van der Waals surface area contributed by atoms with Crippen molar-refractivity contribution in [2.75, 3.05) is 20.3 Å². The number of carbonyl (C=O) groups excluding carboxylic acids is 4. The van der Waals surface area contributed by atoms with E-state index < -0.39 is 18.5 Å². The maximum atomic E-state index is 12.4. The molecule has 8 nitrogen and oxygen atoms in total. The lowest BCUT2D eigenvalue weighted by Crippen LogP contribution is -2.31. The summed E-state index contributed by atoms with van der Waals surface area (Å²) in [5, 5.41) is 2.66. The third kappa shape index (κ3) is 5.28. The monoisotopic (exact) mass is 424 g/mol. The summed E-state index contributed by atoms with van der Waals surface area (Å²) in [4.78, 5) is 49.7. The SMILES string of the molecule is COc1ccccc1CNC(=O)COC(=O)CCCN1C(=O)c2ccc(C)cc2C1=O. The van der Waals surface area contributed by atoms with Crippen molar-refractivity contribution >= 4 is 23.7 Å². The molecule has 3 rings (SSSR count). The molecule has 0 aliphatic carbocycles. The van der Waals surface area contributed by atoms with Gasteiger partial charge in [-0.25, -0.2) is 0 Å². The summed E-state index contributed by atoms with van der Waals surface area (Å²) in [6.45, 7) is 1.81. The number of nitrogens with one attached hydrogen (secondary N) is 1. The van der Waals surface area contributed by atoms with Crippen molar-refractivity contribution in [3.63, 3.8) is 0 Å². The molecule has 3 amide bonds. The van der Waals surface area contributed by atoms with Crippen LogP contribution in [0.4, 0.5) is 0 Å². The number of amides is 3. The molecule has 2 aromatic rings. The second kappa shape index (κ2) is 9.88. The first-order valence-electron chi connectivity index (χ1n) is 9.91. The highest BCUT2D eigenvalue weighted by molar-refractivity contribution is 6.21. The van der Waals surface area contributed by atoms with Crippen LogP contribution in [0.1, 0.15) is 44.7 Å². The number of carbonyl (C=O) groups is 4. The van der Waals surface area contributed by atoms with Gasteiger partial charge in [0.2, 0.25) is 0 Å². The lowest BCUT2D eigenvalue weighted by atomic mass is 10.1. The normalized spacial score (nSPS) is 12.5. The van der Waals surface area contributed by atoms with Gasteiger partial charge in [0, 0.05) is 25.1 Å². The van der Waals surface area contributed by atoms with Crippen LogP contribution >= 0.6 is 0 Å². The zero-order valence-corrected chi connectivity index (χ0v) is 17.5. The largest absolute Gasteiger partial charge is 0.496 e. The minimum atomic E-state index is -0.570. The van der Waals surface area contributed by atoms with E-state index in [1.165, 1.54) is 0 Å². The van der Waals surface area contributed by atoms with E-state index in [1.54, 1.807) is 31.4 Å². The van der Waals surface area contributed by atoms with Gasteiger partial charge < -0.3 is 14.8 Å². The summed E-state index contributed by atoms with van der Waals surface area (Å²) in [6.07, 6.45) is 0.248. The minimum Gasteiger partial charge on any atom is -0.496 e. The lowest BCUT2D eigenvalue weighted by Gasteiger charge is -2.13. The van der Waals surface area contributed by atoms with Gasteiger partial charge in [-0.2, -0.15) is 0 Å². The molecule has 0 radical (unpaired) electrons. The van der Waals surface area contributed by atoms with Crippen molar-refractivity contribution in [1.82, 2.24) is 10.2 Å². The van der Waals surface area contributed by atoms with Crippen LogP contribution in [0.2, 0.25) is 0 Å². The van der Waals surface area contributed by atoms with Crippen LogP contribution in [0.25, 0.3) is 0 Å². The molecule has 2 aromatic carbocycles. The summed E-state index contributed by atoms with van der Waals surface area (Å²) in [5.74, 6) is -1.06. The highest BCUT2D eigenvalue weighted by Crippen LogP contribution is 2.24. The Morgan fingerprint density at radius 2 is 1.77 bits per heavy atom. The molecule has 31 heavy (non-hydrogen) atoms. The molecule has 0 atom stereocenters. The maximum absolute atomic E-state index is 12.4. The van der Waals surface area contributed by atoms with Crippen LogP contribution in [0, 0.1) is 6.92 Å². The molecule has 0 spiro atoms. The van der Waals surface area contributed by atoms with E-state index >= 15 is 0 Å². The van der Waals surface area contributed by atoms with Crippen LogP contribution in [0.3, 0.4) is 0 Å². The molecular weight excluding hydrogens is 400 g/mol. The summed E-state index contributed by atoms with van der Waals surface area (Å²) < 4.78 is 10.2. The molecule has 1 heterocycles. The number of benzene rings is 2. The minimum absolute atomic E-state index is 0.00772. The number of esters is 1. The quantitative estimate of drug-likeness (QED) is 0.489. The predicted molar refractivity (Wildman–Crippen MR) is 112 cm³/mol. The van der Waals surface area contributed by atoms with E-state index in [2.05, 4.69) is 5.32 Å². The van der Waals surface area contributed by atoms with Crippen LogP contribution in [-0.2, 0) is 20.9 Å². The number of nitrogens with zero attached hydrogens (tertiary/aromatic N) is 1. The van der Waals surface area contributed by atoms with E-state index in [0.717, 1.165) is 16.0 Å². The Morgan fingerprint density at radius 1 is 1.03 bits per heavy atom. The zero-order valence-electron chi connectivity index (χ0n) is 17.5. The molecule has 1 aliphatic rings. The highest BCUT2D eigenvalue weighted by Gasteiger charge is 2.35. The van der Waals surface area contributed by atoms with Crippen LogP contribution in [0.5, 0.6) is 5.75 Å². The number of para-hydroxylation sites is 1. The lowest BCUT2D eigenvalue weighted by molar-refractivity contribution is -0.148. The van der Waals surface area contributed by atoms with Gasteiger partial charge in [0.25, 0.3) is 17.7 Å². The fourth-order valence-electron chi connectivity index (χ4n) is 3.30. The standard InChI is InChI=1S/C23H24N2O6/c1-15-9-10-17-18(12-15)23(29)25(22(17)28)11-5-8-21(27)31-14-20(26)24-13-16-6-3-4-7-19(16)30-2/h3-4,6-7,9-10,12H,5,8,11,13-14H2,1-2H3,(H,24,26). The van der Waals surface area contributed by atoms with Crippen molar-refractivity contribution in [2.24, 2.45) is 0 Å². The average molecular weight is 424 g/mol. The number of aryl methyl sites for hydroxylation is 1. The Labute approximate surface area is 180 Å². The molecule has 0 fully saturated rings. The van der Waals surface area contributed by atoms with E-state index in [0.29, 0.717) is 16.9 Å². The summed E-state index contributed by atoms with van der Waals surface area (Å²) >= 11 is 0. The molecule has 1 N–H and O–H groups in total. The van der Waals surface area contributed by atoms with Gasteiger partial charge in [-0.3, -0.25) is 24.1 Å². The smallest absolute Gasteiger partial charge is 0.306 e. The Morgan fingerprint density at radius 3 is 2.55 bits per heavy atom. The molecular formula is C23H24N2O6. The fourth-order valence-corrected chi connectivity index (χ4v) is 3.30. The molecule has 0 saturated heterocycles. The number of hydrogen-bond donors (Lipinski definition) is 1. The molecule has 162 valence electrons. The number of imide groups is 1. The van der Waals surface area contributed by atoms with Crippen LogP contribution in [0.15, 0.2) is 42.5 Å².